The first-order valence-corrected chi connectivity index (χ1v) is 9.66. The molecule has 8 nitrogen and oxygen atoms in total. The highest BCUT2D eigenvalue weighted by atomic mass is 35.5. The number of hydrogen-bond donors (Lipinski definition) is 2. The van der Waals surface area contributed by atoms with Crippen LogP contribution in [0.1, 0.15) is 11.1 Å². The summed E-state index contributed by atoms with van der Waals surface area (Å²) in [4.78, 5) is 18.0. The van der Waals surface area contributed by atoms with Gasteiger partial charge in [-0.2, -0.15) is 0 Å². The normalized spacial score (nSPS) is 10.9. The molecule has 0 amide bonds. The van der Waals surface area contributed by atoms with Gasteiger partial charge >= 0.3 is 5.09 Å². The van der Waals surface area contributed by atoms with Crippen LogP contribution in [-0.2, 0) is 18.0 Å². The lowest BCUT2D eigenvalue weighted by Crippen LogP contribution is -2.12. The standard InChI is InChI=1S/C18H13Cl4N3O.H2NO3/c19-13-2-1-12(16(21)7-13)10-26-24-18(9-25-6-5-23-11-25)15-4-3-14(20)8-17(15)22;2-1(3)4/h1-8,11H,9-10H2;(H2,2,3,4)/q;+1/b24-18+;. The maximum Gasteiger partial charge on any atom is 0.472 e. The lowest BCUT2D eigenvalue weighted by Gasteiger charge is -2.10. The van der Waals surface area contributed by atoms with Crippen molar-refractivity contribution in [3.05, 3.63) is 91.2 Å². The van der Waals surface area contributed by atoms with Crippen molar-refractivity contribution in [1.82, 2.24) is 9.55 Å². The van der Waals surface area contributed by atoms with E-state index in [2.05, 4.69) is 10.1 Å². The van der Waals surface area contributed by atoms with Crippen molar-refractivity contribution in [3.63, 3.8) is 0 Å². The van der Waals surface area contributed by atoms with Gasteiger partial charge in [-0.15, -0.1) is 0 Å². The van der Waals surface area contributed by atoms with Gasteiger partial charge in [0.1, 0.15) is 17.2 Å². The molecule has 12 heteroatoms. The maximum absolute atomic E-state index is 8.47. The van der Waals surface area contributed by atoms with Gasteiger partial charge in [-0.3, -0.25) is 0 Å². The molecule has 0 spiro atoms. The van der Waals surface area contributed by atoms with E-state index in [1.807, 2.05) is 10.8 Å². The number of imidazole rings is 1. The van der Waals surface area contributed by atoms with Crippen molar-refractivity contribution in [2.24, 2.45) is 5.16 Å². The summed E-state index contributed by atoms with van der Waals surface area (Å²) >= 11 is 24.4. The van der Waals surface area contributed by atoms with Crippen LogP contribution in [0.15, 0.2) is 60.3 Å². The summed E-state index contributed by atoms with van der Waals surface area (Å²) in [7, 11) is 0. The topological polar surface area (TPSA) is 100.0 Å². The highest BCUT2D eigenvalue weighted by Crippen LogP contribution is 2.24. The Kier molecular flexibility index (Phi) is 9.19. The second-order valence-electron chi connectivity index (χ2n) is 5.66. The molecular formula is C18H15Cl4N4O4+. The predicted molar refractivity (Wildman–Crippen MR) is 114 cm³/mol. The summed E-state index contributed by atoms with van der Waals surface area (Å²) in [6.07, 6.45) is 5.21. The molecule has 30 heavy (non-hydrogen) atoms. The van der Waals surface area contributed by atoms with E-state index in [-0.39, 0.29) is 6.61 Å². The molecule has 158 valence electrons. The summed E-state index contributed by atoms with van der Waals surface area (Å²) in [5.74, 6) is 0. The van der Waals surface area contributed by atoms with Gasteiger partial charge in [0.2, 0.25) is 0 Å². The van der Waals surface area contributed by atoms with E-state index < -0.39 is 5.09 Å². The van der Waals surface area contributed by atoms with Crippen molar-refractivity contribution < 1.29 is 20.3 Å². The van der Waals surface area contributed by atoms with Crippen LogP contribution < -0.4 is 0 Å². The molecule has 0 aliphatic heterocycles. The molecule has 0 saturated carbocycles. The number of hydrogen-bond acceptors (Lipinski definition) is 4. The predicted octanol–water partition coefficient (Wildman–Crippen LogP) is 5.66. The van der Waals surface area contributed by atoms with Crippen molar-refractivity contribution in [3.8, 4) is 0 Å². The van der Waals surface area contributed by atoms with Gasteiger partial charge in [0, 0.05) is 38.6 Å². The Labute approximate surface area is 191 Å². The molecule has 0 aliphatic carbocycles. The first kappa shape index (κ1) is 23.8. The van der Waals surface area contributed by atoms with Crippen LogP contribution in [0.25, 0.3) is 0 Å². The second kappa shape index (κ2) is 11.6. The number of aromatic nitrogens is 2. The lowest BCUT2D eigenvalue weighted by atomic mass is 10.1. The molecule has 3 aromatic rings. The van der Waals surface area contributed by atoms with Gasteiger partial charge in [-0.05, 0) is 30.3 Å². The number of oxime groups is 1. The van der Waals surface area contributed by atoms with Gasteiger partial charge in [0.25, 0.3) is 0 Å². The molecule has 2 aromatic carbocycles. The Morgan fingerprint density at radius 3 is 2.27 bits per heavy atom. The third kappa shape index (κ3) is 7.72. The molecule has 0 fully saturated rings. The molecule has 0 saturated heterocycles. The largest absolute Gasteiger partial charge is 0.472 e. The van der Waals surface area contributed by atoms with Crippen LogP contribution in [0, 0.1) is 4.91 Å². The Morgan fingerprint density at radius 2 is 1.70 bits per heavy atom. The molecule has 1 aromatic heterocycles. The average molecular weight is 493 g/mol. The van der Waals surface area contributed by atoms with Gasteiger partial charge in [-0.25, -0.2) is 15.4 Å². The van der Waals surface area contributed by atoms with Crippen molar-refractivity contribution in [2.75, 3.05) is 0 Å². The van der Waals surface area contributed by atoms with Gasteiger partial charge in [-0.1, -0.05) is 57.6 Å². The summed E-state index contributed by atoms with van der Waals surface area (Å²) < 4.78 is 1.86. The highest BCUT2D eigenvalue weighted by molar-refractivity contribution is 6.37. The summed E-state index contributed by atoms with van der Waals surface area (Å²) in [6.45, 7) is 0.643. The van der Waals surface area contributed by atoms with E-state index in [0.29, 0.717) is 32.3 Å². The molecule has 0 bridgehead atoms. The zero-order chi connectivity index (χ0) is 22.1. The van der Waals surface area contributed by atoms with Crippen LogP contribution in [0.2, 0.25) is 20.1 Å². The lowest BCUT2D eigenvalue weighted by molar-refractivity contribution is -0.969. The summed E-state index contributed by atoms with van der Waals surface area (Å²) in [5.41, 5.74) is 2.14. The minimum Gasteiger partial charge on any atom is -0.391 e. The number of nitrogens with zero attached hydrogens (tertiary/aromatic N) is 4. The first-order chi connectivity index (χ1) is 14.3. The fraction of sp³-hybridized carbons (Fsp3) is 0.111. The van der Waals surface area contributed by atoms with Gasteiger partial charge in [0.05, 0.1) is 17.9 Å². The molecule has 1 heterocycles. The minimum absolute atomic E-state index is 0.203. The Hall–Kier alpha value is -2.52. The zero-order valence-corrected chi connectivity index (χ0v) is 18.1. The molecule has 0 aliphatic rings. The fourth-order valence-electron chi connectivity index (χ4n) is 2.26. The van der Waals surface area contributed by atoms with Crippen LogP contribution in [0.5, 0.6) is 0 Å². The Morgan fingerprint density at radius 1 is 1.07 bits per heavy atom. The number of rotatable bonds is 6. The molecule has 3 rings (SSSR count). The monoisotopic (exact) mass is 491 g/mol. The van der Waals surface area contributed by atoms with E-state index in [1.54, 1.807) is 48.9 Å². The fourth-order valence-corrected chi connectivity index (χ4v) is 3.24. The van der Waals surface area contributed by atoms with Gasteiger partial charge in [0.15, 0.2) is 0 Å². The SMILES string of the molecule is Clc1ccc(CO/N=C(\Cn2ccnc2)c2ccc(Cl)cc2Cl)c(Cl)c1.O=[N+](O)O. The third-order valence-electron chi connectivity index (χ3n) is 3.54. The quantitative estimate of drug-likeness (QED) is 0.341. The van der Waals surface area contributed by atoms with Crippen molar-refractivity contribution in [2.45, 2.75) is 13.2 Å². The third-order valence-corrected chi connectivity index (χ3v) is 4.68. The van der Waals surface area contributed by atoms with E-state index in [4.69, 9.17) is 66.6 Å². The van der Waals surface area contributed by atoms with E-state index >= 15 is 0 Å². The van der Waals surface area contributed by atoms with E-state index in [9.17, 15) is 0 Å². The summed E-state index contributed by atoms with van der Waals surface area (Å²) in [5, 5.41) is 18.9. The smallest absolute Gasteiger partial charge is 0.391 e. The molecule has 0 radical (unpaired) electrons. The Bertz CT molecular complexity index is 1030. The molecule has 2 N–H and O–H groups in total. The highest BCUT2D eigenvalue weighted by Gasteiger charge is 2.11. The van der Waals surface area contributed by atoms with Crippen LogP contribution >= 0.6 is 46.4 Å². The summed E-state index contributed by atoms with van der Waals surface area (Å²) in [6, 6.07) is 10.4. The van der Waals surface area contributed by atoms with Gasteiger partial charge < -0.3 is 9.40 Å². The van der Waals surface area contributed by atoms with E-state index in [1.165, 1.54) is 0 Å². The van der Waals surface area contributed by atoms with Crippen molar-refractivity contribution in [1.29, 1.82) is 0 Å². The first-order valence-electron chi connectivity index (χ1n) is 8.15. The number of benzene rings is 2. The van der Waals surface area contributed by atoms with E-state index in [0.717, 1.165) is 11.1 Å². The number of halogens is 4. The molecule has 0 atom stereocenters. The second-order valence-corrected chi connectivity index (χ2v) is 7.35. The van der Waals surface area contributed by atoms with Crippen LogP contribution in [0.4, 0.5) is 0 Å². The Balaban J connectivity index is 0.000000735. The zero-order valence-electron chi connectivity index (χ0n) is 15.1. The average Bonchev–Trinajstić information content (AvgIpc) is 3.15. The van der Waals surface area contributed by atoms with Crippen LogP contribution in [-0.4, -0.2) is 30.8 Å². The minimum atomic E-state index is -1.25. The van der Waals surface area contributed by atoms with Crippen LogP contribution in [0.3, 0.4) is 0 Å². The molecule has 0 unspecified atom stereocenters. The van der Waals surface area contributed by atoms with Crippen molar-refractivity contribution >= 4 is 52.1 Å². The maximum atomic E-state index is 8.47. The molecular weight excluding hydrogens is 478 g/mol.